The molecule has 2 amide bonds. The Morgan fingerprint density at radius 2 is 1.91 bits per heavy atom. The summed E-state index contributed by atoms with van der Waals surface area (Å²) in [6, 6.07) is 15.4. The second-order valence-corrected chi connectivity index (χ2v) is 10.3. The molecular weight excluding hydrogens is 464 g/mol. The minimum atomic E-state index is -0.915. The molecule has 0 N–H and O–H groups in total. The fraction of sp³-hybridized carbons (Fsp3) is 0.500. The van der Waals surface area contributed by atoms with Gasteiger partial charge in [0.25, 0.3) is 0 Å². The van der Waals surface area contributed by atoms with E-state index in [2.05, 4.69) is 0 Å². The Kier molecular flexibility index (Phi) is 8.34. The van der Waals surface area contributed by atoms with E-state index in [1.807, 2.05) is 54.3 Å². The van der Waals surface area contributed by atoms with E-state index in [9.17, 15) is 9.59 Å². The standard InChI is InChI=1S/C28H35ClN2O4/c1-21-16-24(12-13-25(21)29)34-20-28(17-26(32)30(2)18-22-8-4-3-5-9-22)19-31(14-15-35-28)27(33)23-10-6-7-11-23/h3-5,8-9,12-13,16,23H,6-7,10-11,14-15,17-20H2,1-2H3/t28-/m0/s1. The van der Waals surface area contributed by atoms with Gasteiger partial charge in [0.1, 0.15) is 18.0 Å². The van der Waals surface area contributed by atoms with E-state index in [0.717, 1.165) is 36.8 Å². The predicted molar refractivity (Wildman–Crippen MR) is 136 cm³/mol. The minimum absolute atomic E-state index is 0.0418. The van der Waals surface area contributed by atoms with Gasteiger partial charge in [-0.25, -0.2) is 0 Å². The summed E-state index contributed by atoms with van der Waals surface area (Å²) in [4.78, 5) is 30.2. The average molecular weight is 499 g/mol. The summed E-state index contributed by atoms with van der Waals surface area (Å²) in [6.45, 7) is 3.89. The smallest absolute Gasteiger partial charge is 0.225 e. The summed E-state index contributed by atoms with van der Waals surface area (Å²) in [5.41, 5.74) is 1.06. The Hall–Kier alpha value is -2.57. The van der Waals surface area contributed by atoms with Crippen LogP contribution in [0.15, 0.2) is 48.5 Å². The maximum atomic E-state index is 13.3. The zero-order valence-electron chi connectivity index (χ0n) is 20.7. The van der Waals surface area contributed by atoms with Crippen molar-refractivity contribution in [2.45, 2.75) is 51.2 Å². The molecular formula is C28H35ClN2O4. The first-order valence-corrected chi connectivity index (χ1v) is 12.8. The first-order valence-electron chi connectivity index (χ1n) is 12.4. The zero-order chi connectivity index (χ0) is 24.8. The highest BCUT2D eigenvalue weighted by molar-refractivity contribution is 6.31. The van der Waals surface area contributed by atoms with Gasteiger partial charge in [-0.05, 0) is 49.1 Å². The van der Waals surface area contributed by atoms with Crippen molar-refractivity contribution in [1.82, 2.24) is 9.80 Å². The average Bonchev–Trinajstić information content (AvgIpc) is 3.40. The van der Waals surface area contributed by atoms with Crippen molar-refractivity contribution in [1.29, 1.82) is 0 Å². The van der Waals surface area contributed by atoms with Crippen LogP contribution in [0.1, 0.15) is 43.2 Å². The van der Waals surface area contributed by atoms with Crippen molar-refractivity contribution >= 4 is 23.4 Å². The zero-order valence-corrected chi connectivity index (χ0v) is 21.4. The number of nitrogens with zero attached hydrogens (tertiary/aromatic N) is 2. The third kappa shape index (κ3) is 6.56. The normalized spacial score (nSPS) is 20.6. The van der Waals surface area contributed by atoms with Gasteiger partial charge in [-0.1, -0.05) is 54.8 Å². The topological polar surface area (TPSA) is 59.1 Å². The molecule has 4 rings (SSSR count). The van der Waals surface area contributed by atoms with Crippen LogP contribution in [-0.2, 0) is 20.9 Å². The summed E-state index contributed by atoms with van der Waals surface area (Å²) in [7, 11) is 1.80. The van der Waals surface area contributed by atoms with Crippen LogP contribution in [0.3, 0.4) is 0 Å². The van der Waals surface area contributed by atoms with Gasteiger partial charge in [0, 0.05) is 31.1 Å². The highest BCUT2D eigenvalue weighted by Crippen LogP contribution is 2.31. The number of rotatable bonds is 8. The molecule has 0 unspecified atom stereocenters. The lowest BCUT2D eigenvalue weighted by molar-refractivity contribution is -0.167. The number of hydrogen-bond acceptors (Lipinski definition) is 4. The lowest BCUT2D eigenvalue weighted by Crippen LogP contribution is -2.59. The maximum absolute atomic E-state index is 13.3. The van der Waals surface area contributed by atoms with Crippen molar-refractivity contribution in [3.63, 3.8) is 0 Å². The first kappa shape index (κ1) is 25.5. The lowest BCUT2D eigenvalue weighted by Gasteiger charge is -2.43. The molecule has 1 saturated carbocycles. The van der Waals surface area contributed by atoms with Crippen LogP contribution in [0, 0.1) is 12.8 Å². The van der Waals surface area contributed by atoms with Gasteiger partial charge in [0.15, 0.2) is 0 Å². The highest BCUT2D eigenvalue weighted by Gasteiger charge is 2.43. The number of halogens is 1. The van der Waals surface area contributed by atoms with Gasteiger partial charge < -0.3 is 19.3 Å². The highest BCUT2D eigenvalue weighted by atomic mass is 35.5. The maximum Gasteiger partial charge on any atom is 0.225 e. The van der Waals surface area contributed by atoms with E-state index < -0.39 is 5.60 Å². The van der Waals surface area contributed by atoms with Crippen molar-refractivity contribution in [2.24, 2.45) is 5.92 Å². The number of aryl methyl sites for hydroxylation is 1. The molecule has 35 heavy (non-hydrogen) atoms. The number of carbonyl (C=O) groups is 2. The molecule has 2 aromatic carbocycles. The van der Waals surface area contributed by atoms with E-state index in [4.69, 9.17) is 21.1 Å². The number of benzene rings is 2. The molecule has 1 saturated heterocycles. The first-order chi connectivity index (χ1) is 16.8. The molecule has 0 radical (unpaired) electrons. The molecule has 7 heteroatoms. The minimum Gasteiger partial charge on any atom is -0.490 e. The van der Waals surface area contributed by atoms with E-state index in [0.29, 0.717) is 37.0 Å². The number of morpholine rings is 1. The molecule has 1 atom stereocenters. The molecule has 1 aliphatic carbocycles. The third-order valence-corrected chi connectivity index (χ3v) is 7.48. The Balaban J connectivity index is 1.50. The summed E-state index contributed by atoms with van der Waals surface area (Å²) >= 11 is 6.17. The number of carbonyl (C=O) groups excluding carboxylic acids is 2. The summed E-state index contributed by atoms with van der Waals surface area (Å²) < 4.78 is 12.4. The molecule has 6 nitrogen and oxygen atoms in total. The van der Waals surface area contributed by atoms with Crippen LogP contribution in [0.2, 0.25) is 5.02 Å². The van der Waals surface area contributed by atoms with Gasteiger partial charge in [0.2, 0.25) is 11.8 Å². The Bertz CT molecular complexity index is 1020. The predicted octanol–water partition coefficient (Wildman–Crippen LogP) is 4.86. The van der Waals surface area contributed by atoms with Gasteiger partial charge in [-0.15, -0.1) is 0 Å². The van der Waals surface area contributed by atoms with Gasteiger partial charge in [-0.2, -0.15) is 0 Å². The van der Waals surface area contributed by atoms with Crippen molar-refractivity contribution in [3.05, 3.63) is 64.7 Å². The Labute approximate surface area is 213 Å². The molecule has 0 aromatic heterocycles. The number of amides is 2. The molecule has 0 spiro atoms. The Morgan fingerprint density at radius 1 is 1.17 bits per heavy atom. The monoisotopic (exact) mass is 498 g/mol. The van der Waals surface area contributed by atoms with E-state index in [-0.39, 0.29) is 30.8 Å². The van der Waals surface area contributed by atoms with Gasteiger partial charge in [-0.3, -0.25) is 9.59 Å². The Morgan fingerprint density at radius 3 is 2.63 bits per heavy atom. The SMILES string of the molecule is Cc1cc(OC[C@]2(CC(=O)N(C)Cc3ccccc3)CN(C(=O)C3CCCC3)CCO2)ccc1Cl. The van der Waals surface area contributed by atoms with Gasteiger partial charge >= 0.3 is 0 Å². The molecule has 188 valence electrons. The van der Waals surface area contributed by atoms with E-state index in [1.54, 1.807) is 18.0 Å². The summed E-state index contributed by atoms with van der Waals surface area (Å²) in [6.07, 6.45) is 4.24. The van der Waals surface area contributed by atoms with Crippen LogP contribution < -0.4 is 4.74 Å². The molecule has 1 aliphatic heterocycles. The fourth-order valence-corrected chi connectivity index (χ4v) is 5.10. The van der Waals surface area contributed by atoms with E-state index in [1.165, 1.54) is 0 Å². The number of ether oxygens (including phenoxy) is 2. The third-order valence-electron chi connectivity index (χ3n) is 7.06. The molecule has 0 bridgehead atoms. The van der Waals surface area contributed by atoms with Crippen LogP contribution in [0.25, 0.3) is 0 Å². The van der Waals surface area contributed by atoms with Crippen LogP contribution in [0.5, 0.6) is 5.75 Å². The summed E-state index contributed by atoms with van der Waals surface area (Å²) in [5.74, 6) is 0.892. The van der Waals surface area contributed by atoms with E-state index >= 15 is 0 Å². The molecule has 2 aliphatic rings. The number of hydrogen-bond donors (Lipinski definition) is 0. The second-order valence-electron chi connectivity index (χ2n) is 9.88. The molecule has 2 fully saturated rings. The van der Waals surface area contributed by atoms with Crippen molar-refractivity contribution in [3.8, 4) is 5.75 Å². The van der Waals surface area contributed by atoms with Crippen molar-refractivity contribution in [2.75, 3.05) is 33.4 Å². The quantitative estimate of drug-likeness (QED) is 0.521. The van der Waals surface area contributed by atoms with Crippen LogP contribution >= 0.6 is 11.6 Å². The second kappa shape index (κ2) is 11.4. The van der Waals surface area contributed by atoms with Crippen molar-refractivity contribution < 1.29 is 19.1 Å². The lowest BCUT2D eigenvalue weighted by atomic mass is 9.95. The van der Waals surface area contributed by atoms with Gasteiger partial charge in [0.05, 0.1) is 19.6 Å². The molecule has 2 aromatic rings. The largest absolute Gasteiger partial charge is 0.490 e. The summed E-state index contributed by atoms with van der Waals surface area (Å²) in [5, 5.41) is 0.673. The fourth-order valence-electron chi connectivity index (χ4n) is 4.99. The molecule has 1 heterocycles. The van der Waals surface area contributed by atoms with Crippen LogP contribution in [0.4, 0.5) is 0 Å². The van der Waals surface area contributed by atoms with Crippen LogP contribution in [-0.4, -0.2) is 60.6 Å².